The molecular formula is C22H21N3O3. The number of anilines is 3. The maximum atomic E-state index is 12.7. The molecule has 0 radical (unpaired) electrons. The zero-order chi connectivity index (χ0) is 20.1. The summed E-state index contributed by atoms with van der Waals surface area (Å²) >= 11 is 0. The molecule has 0 aliphatic carbocycles. The van der Waals surface area contributed by atoms with Crippen molar-refractivity contribution in [3.63, 3.8) is 0 Å². The fourth-order valence-corrected chi connectivity index (χ4v) is 2.85. The second kappa shape index (κ2) is 8.35. The lowest BCUT2D eigenvalue weighted by Gasteiger charge is -2.13. The Balaban J connectivity index is 1.83. The van der Waals surface area contributed by atoms with Crippen molar-refractivity contribution >= 4 is 28.9 Å². The molecule has 6 heteroatoms. The number of esters is 1. The highest BCUT2D eigenvalue weighted by molar-refractivity contribution is 6.07. The molecule has 1 heterocycles. The summed E-state index contributed by atoms with van der Waals surface area (Å²) in [5.41, 5.74) is 4.84. The molecule has 0 spiro atoms. The van der Waals surface area contributed by atoms with Crippen LogP contribution in [0, 0.1) is 13.8 Å². The van der Waals surface area contributed by atoms with Crippen LogP contribution in [0.2, 0.25) is 0 Å². The molecule has 2 aromatic carbocycles. The van der Waals surface area contributed by atoms with Gasteiger partial charge in [0.25, 0.3) is 5.91 Å². The van der Waals surface area contributed by atoms with Gasteiger partial charge in [0.2, 0.25) is 0 Å². The molecule has 0 fully saturated rings. The van der Waals surface area contributed by atoms with Crippen LogP contribution in [0.25, 0.3) is 0 Å². The summed E-state index contributed by atoms with van der Waals surface area (Å²) in [5, 5.41) is 6.07. The van der Waals surface area contributed by atoms with Gasteiger partial charge in [-0.25, -0.2) is 4.79 Å². The number of benzene rings is 2. The van der Waals surface area contributed by atoms with Crippen molar-refractivity contribution in [2.24, 2.45) is 0 Å². The molecule has 1 aromatic heterocycles. The highest BCUT2D eigenvalue weighted by atomic mass is 16.5. The Morgan fingerprint density at radius 2 is 1.68 bits per heavy atom. The first-order chi connectivity index (χ1) is 13.5. The Labute approximate surface area is 163 Å². The largest absolute Gasteiger partial charge is 0.465 e. The van der Waals surface area contributed by atoms with Crippen LogP contribution < -0.4 is 10.6 Å². The highest BCUT2D eigenvalue weighted by Gasteiger charge is 2.15. The van der Waals surface area contributed by atoms with Crippen molar-refractivity contribution in [1.82, 2.24) is 4.98 Å². The predicted octanol–water partition coefficient (Wildman–Crippen LogP) is 4.48. The van der Waals surface area contributed by atoms with E-state index in [0.717, 1.165) is 22.5 Å². The molecule has 28 heavy (non-hydrogen) atoms. The molecule has 6 nitrogen and oxygen atoms in total. The van der Waals surface area contributed by atoms with E-state index >= 15 is 0 Å². The predicted molar refractivity (Wildman–Crippen MR) is 109 cm³/mol. The Hall–Kier alpha value is -3.67. The molecule has 3 rings (SSSR count). The van der Waals surface area contributed by atoms with E-state index in [0.29, 0.717) is 5.69 Å². The van der Waals surface area contributed by atoms with Crippen molar-refractivity contribution in [2.75, 3.05) is 17.7 Å². The first kappa shape index (κ1) is 19.1. The molecule has 0 saturated heterocycles. The minimum absolute atomic E-state index is 0.232. The van der Waals surface area contributed by atoms with Crippen molar-refractivity contribution in [3.8, 4) is 0 Å². The summed E-state index contributed by atoms with van der Waals surface area (Å²) in [7, 11) is 1.30. The van der Waals surface area contributed by atoms with E-state index in [4.69, 9.17) is 4.74 Å². The van der Waals surface area contributed by atoms with E-state index in [9.17, 15) is 9.59 Å². The average molecular weight is 375 g/mol. The smallest absolute Gasteiger partial charge is 0.339 e. The minimum Gasteiger partial charge on any atom is -0.465 e. The normalized spacial score (nSPS) is 10.2. The van der Waals surface area contributed by atoms with Gasteiger partial charge in [0.1, 0.15) is 5.69 Å². The number of aryl methyl sites for hydroxylation is 2. The van der Waals surface area contributed by atoms with Crippen LogP contribution in [-0.2, 0) is 4.74 Å². The van der Waals surface area contributed by atoms with E-state index in [1.807, 2.05) is 32.0 Å². The second-order valence-corrected chi connectivity index (χ2v) is 6.31. The van der Waals surface area contributed by atoms with Gasteiger partial charge in [-0.2, -0.15) is 0 Å². The standard InChI is InChI=1S/C22H21N3O3/c1-14-7-6-8-15(2)20(14)24-16-11-12-23-19(13-16)21(26)25-18-10-5-4-9-17(18)22(27)28-3/h4-13H,1-3H3,(H,23,24)(H,25,26). The van der Waals surface area contributed by atoms with Gasteiger partial charge in [0, 0.05) is 17.6 Å². The number of nitrogens with one attached hydrogen (secondary N) is 2. The van der Waals surface area contributed by atoms with Crippen LogP contribution >= 0.6 is 0 Å². The number of aromatic nitrogens is 1. The first-order valence-corrected chi connectivity index (χ1v) is 8.77. The van der Waals surface area contributed by atoms with E-state index in [2.05, 4.69) is 15.6 Å². The Morgan fingerprint density at radius 1 is 0.964 bits per heavy atom. The van der Waals surface area contributed by atoms with Crippen LogP contribution in [0.4, 0.5) is 17.1 Å². The zero-order valence-electron chi connectivity index (χ0n) is 15.9. The Kier molecular flexibility index (Phi) is 5.69. The van der Waals surface area contributed by atoms with Crippen LogP contribution in [0.3, 0.4) is 0 Å². The van der Waals surface area contributed by atoms with Gasteiger partial charge < -0.3 is 15.4 Å². The molecule has 0 aliphatic rings. The Bertz CT molecular complexity index is 1010. The van der Waals surface area contributed by atoms with Crippen LogP contribution in [0.5, 0.6) is 0 Å². The number of ether oxygens (including phenoxy) is 1. The first-order valence-electron chi connectivity index (χ1n) is 8.77. The summed E-state index contributed by atoms with van der Waals surface area (Å²) in [4.78, 5) is 28.7. The molecule has 0 bridgehead atoms. The number of hydrogen-bond donors (Lipinski definition) is 2. The summed E-state index contributed by atoms with van der Waals surface area (Å²) in [5.74, 6) is -0.934. The molecule has 2 N–H and O–H groups in total. The van der Waals surface area contributed by atoms with Crippen molar-refractivity contribution < 1.29 is 14.3 Å². The van der Waals surface area contributed by atoms with Crippen LogP contribution in [0.1, 0.15) is 32.0 Å². The van der Waals surface area contributed by atoms with Gasteiger partial charge >= 0.3 is 5.97 Å². The van der Waals surface area contributed by atoms with Crippen LogP contribution in [0.15, 0.2) is 60.8 Å². The van der Waals surface area contributed by atoms with Gasteiger partial charge in [-0.05, 0) is 49.2 Å². The number of carbonyl (C=O) groups excluding carboxylic acids is 2. The average Bonchev–Trinajstić information content (AvgIpc) is 2.71. The minimum atomic E-state index is -0.519. The maximum Gasteiger partial charge on any atom is 0.339 e. The van der Waals surface area contributed by atoms with E-state index in [1.165, 1.54) is 7.11 Å². The Morgan fingerprint density at radius 3 is 2.39 bits per heavy atom. The van der Waals surface area contributed by atoms with Crippen molar-refractivity contribution in [1.29, 1.82) is 0 Å². The van der Waals surface area contributed by atoms with Gasteiger partial charge in [-0.15, -0.1) is 0 Å². The summed E-state index contributed by atoms with van der Waals surface area (Å²) in [6.45, 7) is 4.04. The summed E-state index contributed by atoms with van der Waals surface area (Å²) in [6, 6.07) is 16.2. The van der Waals surface area contributed by atoms with Gasteiger partial charge in [-0.1, -0.05) is 30.3 Å². The summed E-state index contributed by atoms with van der Waals surface area (Å²) < 4.78 is 4.76. The topological polar surface area (TPSA) is 80.3 Å². The second-order valence-electron chi connectivity index (χ2n) is 6.31. The molecule has 0 atom stereocenters. The van der Waals surface area contributed by atoms with Crippen molar-refractivity contribution in [2.45, 2.75) is 13.8 Å². The lowest BCUT2D eigenvalue weighted by Crippen LogP contribution is -2.16. The third-order valence-electron chi connectivity index (χ3n) is 4.32. The third-order valence-corrected chi connectivity index (χ3v) is 4.32. The number of hydrogen-bond acceptors (Lipinski definition) is 5. The molecule has 0 aliphatic heterocycles. The van der Waals surface area contributed by atoms with Crippen LogP contribution in [-0.4, -0.2) is 24.0 Å². The van der Waals surface area contributed by atoms with E-state index in [1.54, 1.807) is 42.6 Å². The monoisotopic (exact) mass is 375 g/mol. The van der Waals surface area contributed by atoms with Gasteiger partial charge in [0.15, 0.2) is 0 Å². The number of carbonyl (C=O) groups is 2. The quantitative estimate of drug-likeness (QED) is 0.643. The molecule has 0 unspecified atom stereocenters. The number of rotatable bonds is 5. The number of para-hydroxylation sites is 2. The molecular weight excluding hydrogens is 354 g/mol. The third kappa shape index (κ3) is 4.17. The fraction of sp³-hybridized carbons (Fsp3) is 0.136. The van der Waals surface area contributed by atoms with Gasteiger partial charge in [0.05, 0.1) is 18.4 Å². The summed E-state index contributed by atoms with van der Waals surface area (Å²) in [6.07, 6.45) is 1.57. The SMILES string of the molecule is COC(=O)c1ccccc1NC(=O)c1cc(Nc2c(C)cccc2C)ccn1. The number of pyridine rings is 1. The van der Waals surface area contributed by atoms with Crippen molar-refractivity contribution in [3.05, 3.63) is 83.2 Å². The molecule has 3 aromatic rings. The molecule has 0 saturated carbocycles. The zero-order valence-corrected chi connectivity index (χ0v) is 15.9. The molecule has 142 valence electrons. The number of nitrogens with zero attached hydrogens (tertiary/aromatic N) is 1. The maximum absolute atomic E-state index is 12.7. The number of amides is 1. The lowest BCUT2D eigenvalue weighted by molar-refractivity contribution is 0.0602. The molecule has 1 amide bonds. The fourth-order valence-electron chi connectivity index (χ4n) is 2.85. The van der Waals surface area contributed by atoms with E-state index in [-0.39, 0.29) is 11.3 Å². The van der Waals surface area contributed by atoms with E-state index < -0.39 is 11.9 Å². The number of methoxy groups -OCH3 is 1. The van der Waals surface area contributed by atoms with Gasteiger partial charge in [-0.3, -0.25) is 9.78 Å². The highest BCUT2D eigenvalue weighted by Crippen LogP contribution is 2.24. The lowest BCUT2D eigenvalue weighted by atomic mass is 10.1.